The highest BCUT2D eigenvalue weighted by atomic mass is 127. The third-order valence-corrected chi connectivity index (χ3v) is 4.49. The Kier molecular flexibility index (Phi) is 9.85. The number of nitrogens with zero attached hydrogens (tertiary/aromatic N) is 2. The van der Waals surface area contributed by atoms with Crippen molar-refractivity contribution in [1.29, 1.82) is 0 Å². The van der Waals surface area contributed by atoms with Crippen LogP contribution >= 0.6 is 24.0 Å². The molecule has 2 aromatic carbocycles. The molecule has 0 radical (unpaired) electrons. The average Bonchev–Trinajstić information content (AvgIpc) is 3.26. The number of anilines is 1. The maximum absolute atomic E-state index is 12.6. The fourth-order valence-corrected chi connectivity index (χ4v) is 3.09. The molecule has 0 saturated carbocycles. The lowest BCUT2D eigenvalue weighted by Crippen LogP contribution is -2.36. The van der Waals surface area contributed by atoms with Crippen molar-refractivity contribution >= 4 is 35.6 Å². The number of halogens is 3. The second-order valence-corrected chi connectivity index (χ2v) is 6.58. The van der Waals surface area contributed by atoms with E-state index in [0.29, 0.717) is 31.2 Å². The molecule has 0 aromatic heterocycles. The minimum Gasteiger partial charge on any atom is -0.434 e. The van der Waals surface area contributed by atoms with E-state index in [1.807, 2.05) is 19.1 Å². The summed E-state index contributed by atoms with van der Waals surface area (Å²) in [5.41, 5.74) is 2.92. The van der Waals surface area contributed by atoms with E-state index >= 15 is 0 Å². The van der Waals surface area contributed by atoms with Crippen molar-refractivity contribution in [3.63, 3.8) is 0 Å². The number of benzene rings is 2. The summed E-state index contributed by atoms with van der Waals surface area (Å²) in [6, 6.07) is 15.1. The van der Waals surface area contributed by atoms with Crippen LogP contribution in [-0.4, -0.2) is 32.2 Å². The number of hydrogen-bond donors (Lipinski definition) is 2. The fraction of sp³-hybridized carbons (Fsp3) is 0.318. The van der Waals surface area contributed by atoms with E-state index in [4.69, 9.17) is 0 Å². The van der Waals surface area contributed by atoms with Crippen LogP contribution in [-0.2, 0) is 13.1 Å². The van der Waals surface area contributed by atoms with Gasteiger partial charge in [-0.2, -0.15) is 8.78 Å². The number of alkyl halides is 2. The molecular formula is C22H27F2IN4O. The Bertz CT molecular complexity index is 853. The predicted molar refractivity (Wildman–Crippen MR) is 128 cm³/mol. The van der Waals surface area contributed by atoms with Crippen LogP contribution in [0.15, 0.2) is 65.7 Å². The van der Waals surface area contributed by atoms with Crippen LogP contribution in [0.3, 0.4) is 0 Å². The molecule has 2 N–H and O–H groups in total. The molecule has 0 spiro atoms. The lowest BCUT2D eigenvalue weighted by Gasteiger charge is -2.18. The molecule has 0 aliphatic carbocycles. The Morgan fingerprint density at radius 3 is 2.60 bits per heavy atom. The summed E-state index contributed by atoms with van der Waals surface area (Å²) in [6.45, 7) is 2.52. The van der Waals surface area contributed by atoms with Crippen LogP contribution in [0.5, 0.6) is 5.75 Å². The molecule has 162 valence electrons. The summed E-state index contributed by atoms with van der Waals surface area (Å²) in [4.78, 5) is 6.92. The van der Waals surface area contributed by atoms with Gasteiger partial charge in [-0.3, -0.25) is 0 Å². The molecular weight excluding hydrogens is 501 g/mol. The van der Waals surface area contributed by atoms with Crippen molar-refractivity contribution in [1.82, 2.24) is 10.6 Å². The van der Waals surface area contributed by atoms with Crippen molar-refractivity contribution in [2.24, 2.45) is 4.99 Å². The summed E-state index contributed by atoms with van der Waals surface area (Å²) >= 11 is 0. The van der Waals surface area contributed by atoms with Gasteiger partial charge in [0.1, 0.15) is 5.75 Å². The fourth-order valence-electron chi connectivity index (χ4n) is 3.09. The Morgan fingerprint density at radius 1 is 1.10 bits per heavy atom. The first-order valence-corrected chi connectivity index (χ1v) is 9.69. The van der Waals surface area contributed by atoms with Crippen LogP contribution in [0.25, 0.3) is 0 Å². The molecule has 1 heterocycles. The van der Waals surface area contributed by atoms with E-state index in [1.54, 1.807) is 18.2 Å². The second-order valence-electron chi connectivity index (χ2n) is 6.58. The number of guanidine groups is 1. The topological polar surface area (TPSA) is 48.9 Å². The van der Waals surface area contributed by atoms with E-state index in [1.165, 1.54) is 11.8 Å². The molecule has 0 atom stereocenters. The zero-order valence-electron chi connectivity index (χ0n) is 16.9. The second kappa shape index (κ2) is 12.4. The largest absolute Gasteiger partial charge is 0.434 e. The lowest BCUT2D eigenvalue weighted by molar-refractivity contribution is -0.0504. The van der Waals surface area contributed by atoms with E-state index in [9.17, 15) is 8.78 Å². The molecule has 0 unspecified atom stereocenters. The number of para-hydroxylation sites is 1. The molecule has 0 bridgehead atoms. The molecule has 3 rings (SSSR count). The summed E-state index contributed by atoms with van der Waals surface area (Å²) in [5.74, 6) is 0.783. The molecule has 1 aliphatic rings. The van der Waals surface area contributed by atoms with Gasteiger partial charge in [0, 0.05) is 37.4 Å². The van der Waals surface area contributed by atoms with Crippen molar-refractivity contribution in [2.75, 3.05) is 24.5 Å². The van der Waals surface area contributed by atoms with Gasteiger partial charge in [0.05, 0.1) is 6.54 Å². The molecule has 8 heteroatoms. The quantitative estimate of drug-likeness (QED) is 0.229. The van der Waals surface area contributed by atoms with Crippen LogP contribution in [0.4, 0.5) is 14.5 Å². The molecule has 30 heavy (non-hydrogen) atoms. The number of aliphatic imine (C=N–C) groups is 1. The normalized spacial score (nSPS) is 13.3. The van der Waals surface area contributed by atoms with Gasteiger partial charge in [-0.05, 0) is 30.7 Å². The van der Waals surface area contributed by atoms with Gasteiger partial charge in [0.2, 0.25) is 0 Å². The number of ether oxygens (including phenoxy) is 1. The SMILES string of the molecule is CCNC(=NCc1cccc(N2CC=CC2)c1)NCc1ccccc1OC(F)F.I. The standard InChI is InChI=1S/C22H26F2N4O.HI/c1-2-25-22(27-16-18-9-3-4-11-20(18)29-21(23)24)26-15-17-8-7-10-19(14-17)28-12-5-6-13-28;/h3-11,14,21H,2,12-13,15-16H2,1H3,(H2,25,26,27);1H. The summed E-state index contributed by atoms with van der Waals surface area (Å²) in [5, 5.41) is 6.37. The van der Waals surface area contributed by atoms with Gasteiger partial charge in [0.15, 0.2) is 5.96 Å². The molecule has 1 aliphatic heterocycles. The van der Waals surface area contributed by atoms with Crippen LogP contribution < -0.4 is 20.3 Å². The maximum atomic E-state index is 12.6. The van der Waals surface area contributed by atoms with Gasteiger partial charge in [-0.25, -0.2) is 4.99 Å². The molecule has 0 saturated heterocycles. The number of rotatable bonds is 8. The van der Waals surface area contributed by atoms with Gasteiger partial charge in [-0.1, -0.05) is 42.5 Å². The van der Waals surface area contributed by atoms with E-state index in [-0.39, 0.29) is 29.7 Å². The van der Waals surface area contributed by atoms with E-state index in [0.717, 1.165) is 18.7 Å². The zero-order chi connectivity index (χ0) is 20.5. The van der Waals surface area contributed by atoms with E-state index < -0.39 is 6.61 Å². The molecule has 0 fully saturated rings. The number of nitrogens with one attached hydrogen (secondary N) is 2. The van der Waals surface area contributed by atoms with Gasteiger partial charge < -0.3 is 20.3 Å². The third-order valence-electron chi connectivity index (χ3n) is 4.49. The number of hydrogen-bond acceptors (Lipinski definition) is 3. The highest BCUT2D eigenvalue weighted by Gasteiger charge is 2.10. The maximum Gasteiger partial charge on any atom is 0.387 e. The van der Waals surface area contributed by atoms with Crippen molar-refractivity contribution in [2.45, 2.75) is 26.6 Å². The minimum absolute atomic E-state index is 0. The van der Waals surface area contributed by atoms with Crippen LogP contribution in [0.2, 0.25) is 0 Å². The summed E-state index contributed by atoms with van der Waals surface area (Å²) in [7, 11) is 0. The lowest BCUT2D eigenvalue weighted by atomic mass is 10.2. The minimum atomic E-state index is -2.85. The summed E-state index contributed by atoms with van der Waals surface area (Å²) in [6.07, 6.45) is 4.32. The molecule has 0 amide bonds. The monoisotopic (exact) mass is 528 g/mol. The molecule has 5 nitrogen and oxygen atoms in total. The smallest absolute Gasteiger partial charge is 0.387 e. The Hall–Kier alpha value is -2.36. The first-order chi connectivity index (χ1) is 14.2. The van der Waals surface area contributed by atoms with Crippen LogP contribution in [0.1, 0.15) is 18.1 Å². The molecule has 2 aromatic rings. The Balaban J connectivity index is 0.00000320. The summed E-state index contributed by atoms with van der Waals surface area (Å²) < 4.78 is 29.8. The highest BCUT2D eigenvalue weighted by Crippen LogP contribution is 2.20. The van der Waals surface area contributed by atoms with Gasteiger partial charge in [-0.15, -0.1) is 24.0 Å². The Labute approximate surface area is 193 Å². The first-order valence-electron chi connectivity index (χ1n) is 9.69. The Morgan fingerprint density at radius 2 is 1.87 bits per heavy atom. The van der Waals surface area contributed by atoms with Crippen molar-refractivity contribution in [3.8, 4) is 5.75 Å². The van der Waals surface area contributed by atoms with Gasteiger partial charge in [0.25, 0.3) is 0 Å². The van der Waals surface area contributed by atoms with Crippen molar-refractivity contribution in [3.05, 3.63) is 71.8 Å². The van der Waals surface area contributed by atoms with Crippen molar-refractivity contribution < 1.29 is 13.5 Å². The highest BCUT2D eigenvalue weighted by molar-refractivity contribution is 14.0. The average molecular weight is 528 g/mol. The predicted octanol–water partition coefficient (Wildman–Crippen LogP) is 4.54. The van der Waals surface area contributed by atoms with Crippen LogP contribution in [0, 0.1) is 0 Å². The van der Waals surface area contributed by atoms with Gasteiger partial charge >= 0.3 is 6.61 Å². The zero-order valence-corrected chi connectivity index (χ0v) is 19.2. The van der Waals surface area contributed by atoms with E-state index in [2.05, 4.69) is 49.5 Å². The first kappa shape index (κ1) is 23.9. The third kappa shape index (κ3) is 7.16.